The Morgan fingerprint density at radius 3 is 1.14 bits per heavy atom. The van der Waals surface area contributed by atoms with E-state index in [4.69, 9.17) is 0 Å². The first-order valence-corrected chi connectivity index (χ1v) is 13.4. The molecule has 0 radical (unpaired) electrons. The molecule has 4 aromatic carbocycles. The zero-order chi connectivity index (χ0) is 25.7. The van der Waals surface area contributed by atoms with Gasteiger partial charge in [-0.05, 0) is 0 Å². The summed E-state index contributed by atoms with van der Waals surface area (Å²) in [5.74, 6) is -0.187. The van der Waals surface area contributed by atoms with E-state index in [1.165, 1.54) is 0 Å². The van der Waals surface area contributed by atoms with Gasteiger partial charge in [0.15, 0.2) is 0 Å². The van der Waals surface area contributed by atoms with Gasteiger partial charge >= 0.3 is 227 Å². The van der Waals surface area contributed by atoms with Crippen LogP contribution >= 0.6 is 0 Å². The maximum atomic E-state index is 12.9. The molecule has 4 aromatic rings. The fourth-order valence-corrected chi connectivity index (χ4v) is 5.47. The standard InChI is InChI=1S/2C17H13O.Pd/c2*18-17(13-11-15-7-3-1-4-8-15)14-12-16-9-5-2-6-10-16;/h2*1-11,13-14H;/b2*13-11+,14-12?;. The van der Waals surface area contributed by atoms with E-state index in [-0.39, 0.29) is 29.5 Å². The summed E-state index contributed by atoms with van der Waals surface area (Å²) in [6.07, 6.45) is 10.2. The maximum absolute atomic E-state index is 12.9. The fourth-order valence-electron chi connectivity index (χ4n) is 3.38. The molecule has 0 saturated carbocycles. The van der Waals surface area contributed by atoms with E-state index < -0.39 is 0 Å². The Bertz CT molecular complexity index is 1320. The molecule has 0 atom stereocenters. The van der Waals surface area contributed by atoms with E-state index in [1.807, 2.05) is 133 Å². The molecule has 37 heavy (non-hydrogen) atoms. The molecule has 0 fully saturated rings. The van der Waals surface area contributed by atoms with Gasteiger partial charge in [0.2, 0.25) is 0 Å². The van der Waals surface area contributed by atoms with Gasteiger partial charge in [0, 0.05) is 0 Å². The van der Waals surface area contributed by atoms with Crippen LogP contribution in [-0.2, 0) is 27.6 Å². The van der Waals surface area contributed by atoms with Crippen molar-refractivity contribution in [3.8, 4) is 0 Å². The van der Waals surface area contributed by atoms with Crippen LogP contribution in [-0.4, -0.2) is 11.6 Å². The van der Waals surface area contributed by atoms with E-state index in [0.717, 1.165) is 30.3 Å². The Labute approximate surface area is 226 Å². The van der Waals surface area contributed by atoms with Crippen LogP contribution in [0.5, 0.6) is 0 Å². The van der Waals surface area contributed by atoms with Crippen molar-refractivity contribution < 1.29 is 27.6 Å². The predicted molar refractivity (Wildman–Crippen MR) is 150 cm³/mol. The Balaban J connectivity index is 1.65. The second-order valence-corrected chi connectivity index (χ2v) is 10.1. The third kappa shape index (κ3) is 8.48. The van der Waals surface area contributed by atoms with Gasteiger partial charge in [0.1, 0.15) is 0 Å². The van der Waals surface area contributed by atoms with Gasteiger partial charge in [-0.3, -0.25) is 0 Å². The van der Waals surface area contributed by atoms with Crippen LogP contribution in [0.3, 0.4) is 0 Å². The molecule has 0 saturated heterocycles. The molecule has 0 amide bonds. The molecule has 184 valence electrons. The molecule has 0 heterocycles. The van der Waals surface area contributed by atoms with E-state index in [9.17, 15) is 9.59 Å². The molecule has 4 rings (SSSR count). The van der Waals surface area contributed by atoms with E-state index in [2.05, 4.69) is 0 Å². The van der Waals surface area contributed by atoms with Gasteiger partial charge in [-0.25, -0.2) is 0 Å². The van der Waals surface area contributed by atoms with E-state index in [1.54, 1.807) is 24.3 Å². The second kappa shape index (κ2) is 13.8. The van der Waals surface area contributed by atoms with Gasteiger partial charge in [-0.2, -0.15) is 0 Å². The number of carbonyl (C=O) groups excluding carboxylic acids is 2. The van der Waals surface area contributed by atoms with Gasteiger partial charge in [0.05, 0.1) is 0 Å². The van der Waals surface area contributed by atoms with Crippen molar-refractivity contribution >= 4 is 31.8 Å². The molecule has 0 aliphatic carbocycles. The third-order valence-corrected chi connectivity index (χ3v) is 7.42. The van der Waals surface area contributed by atoms with Gasteiger partial charge in [-0.1, -0.05) is 0 Å². The Kier molecular flexibility index (Phi) is 9.67. The first kappa shape index (κ1) is 25.9. The number of hydrogen-bond donors (Lipinski definition) is 0. The summed E-state index contributed by atoms with van der Waals surface area (Å²) in [5, 5.41) is 0. The van der Waals surface area contributed by atoms with Crippen molar-refractivity contribution in [2.24, 2.45) is 0 Å². The zero-order valence-electron chi connectivity index (χ0n) is 20.1. The Morgan fingerprint density at radius 2 is 0.784 bits per heavy atom. The van der Waals surface area contributed by atoms with Crippen LogP contribution in [0.15, 0.2) is 146 Å². The van der Waals surface area contributed by atoms with Crippen LogP contribution < -0.4 is 0 Å². The summed E-state index contributed by atoms with van der Waals surface area (Å²) in [5.41, 5.74) is 3.87. The van der Waals surface area contributed by atoms with Crippen LogP contribution in [0.1, 0.15) is 22.3 Å². The Morgan fingerprint density at radius 1 is 0.459 bits per heavy atom. The van der Waals surface area contributed by atoms with Crippen LogP contribution in [0, 0.1) is 0 Å². The first-order chi connectivity index (χ1) is 18.2. The molecule has 2 nitrogen and oxygen atoms in total. The summed E-state index contributed by atoms with van der Waals surface area (Å²) in [6.45, 7) is 0. The summed E-state index contributed by atoms with van der Waals surface area (Å²) >= 11 is -0.150. The van der Waals surface area contributed by atoms with Crippen molar-refractivity contribution in [1.29, 1.82) is 0 Å². The van der Waals surface area contributed by atoms with Crippen molar-refractivity contribution in [3.05, 3.63) is 168 Å². The molecule has 0 aromatic heterocycles. The number of benzene rings is 4. The van der Waals surface area contributed by atoms with Crippen molar-refractivity contribution in [1.82, 2.24) is 0 Å². The number of carbonyl (C=O) groups is 2. The topological polar surface area (TPSA) is 34.1 Å². The van der Waals surface area contributed by atoms with Crippen LogP contribution in [0.25, 0.3) is 20.2 Å². The summed E-state index contributed by atoms with van der Waals surface area (Å²) in [6, 6.07) is 39.2. The van der Waals surface area contributed by atoms with Crippen LogP contribution in [0.2, 0.25) is 0 Å². The number of allylic oxidation sites excluding steroid dienone is 4. The molecular weight excluding hydrogens is 547 g/mol. The monoisotopic (exact) mass is 572 g/mol. The molecule has 0 aliphatic rings. The average Bonchev–Trinajstić information content (AvgIpc) is 2.96. The average molecular weight is 573 g/mol. The number of hydrogen-bond acceptors (Lipinski definition) is 2. The van der Waals surface area contributed by atoms with Gasteiger partial charge < -0.3 is 0 Å². The van der Waals surface area contributed by atoms with Gasteiger partial charge in [0.25, 0.3) is 0 Å². The number of ketones is 2. The minimum atomic E-state index is -0.150. The normalized spacial score (nSPS) is 12.3. The fraction of sp³-hybridized carbons (Fsp3) is 0. The molecular formula is C34H26O2Pd. The minimum absolute atomic E-state index is 0.0936. The van der Waals surface area contributed by atoms with Crippen molar-refractivity contribution in [2.45, 2.75) is 0 Å². The molecule has 0 spiro atoms. The summed E-state index contributed by atoms with van der Waals surface area (Å²) < 4.78 is 1.79. The third-order valence-electron chi connectivity index (χ3n) is 5.23. The quantitative estimate of drug-likeness (QED) is 0.144. The first-order valence-electron chi connectivity index (χ1n) is 11.8. The van der Waals surface area contributed by atoms with E-state index in [0.29, 0.717) is 0 Å². The Hall–Kier alpha value is -4.16. The molecule has 0 N–H and O–H groups in total. The molecule has 3 heteroatoms. The summed E-state index contributed by atoms with van der Waals surface area (Å²) in [4.78, 5) is 25.9. The zero-order valence-corrected chi connectivity index (χ0v) is 21.7. The van der Waals surface area contributed by atoms with Crippen molar-refractivity contribution in [3.63, 3.8) is 0 Å². The van der Waals surface area contributed by atoms with Gasteiger partial charge in [-0.15, -0.1) is 0 Å². The van der Waals surface area contributed by atoms with E-state index >= 15 is 0 Å². The molecule has 0 bridgehead atoms. The molecule has 0 unspecified atom stereocenters. The molecule has 0 aliphatic heterocycles. The second-order valence-electron chi connectivity index (χ2n) is 8.02. The SMILES string of the molecule is O=C(/C=C/c1ccccc1)/C=[C](/[Pd]/[C](=C/C(=O)/C=C/c1ccccc1)c1ccccc1)c1ccccc1. The number of rotatable bonds is 10. The summed E-state index contributed by atoms with van der Waals surface area (Å²) in [7, 11) is 0. The predicted octanol–water partition coefficient (Wildman–Crippen LogP) is 7.72. The van der Waals surface area contributed by atoms with Crippen LogP contribution in [0.4, 0.5) is 0 Å². The van der Waals surface area contributed by atoms with Crippen molar-refractivity contribution in [2.75, 3.05) is 0 Å².